The van der Waals surface area contributed by atoms with Gasteiger partial charge in [-0.3, -0.25) is 20.2 Å². The van der Waals surface area contributed by atoms with E-state index < -0.39 is 23.1 Å². The van der Waals surface area contributed by atoms with Crippen LogP contribution in [-0.2, 0) is 0 Å². The standard InChI is InChI=1S/C13H13BrF2N4OS/c1-20(11-7(14)6-17-13(18-11)22-2)19-12(21)10-8(15)4-3-5-9(10)16/h3-6,13,18H,1-2H3,(H,19,21). The maximum atomic E-state index is 13.6. The first kappa shape index (κ1) is 16.8. The fourth-order valence-electron chi connectivity index (χ4n) is 1.77. The Morgan fingerprint density at radius 1 is 1.45 bits per heavy atom. The average molecular weight is 391 g/mol. The van der Waals surface area contributed by atoms with Crippen LogP contribution in [0.3, 0.4) is 0 Å². The number of hydrazine groups is 1. The number of nitrogens with one attached hydrogen (secondary N) is 2. The number of aliphatic imine (C=N–C) groups is 1. The van der Waals surface area contributed by atoms with Crippen LogP contribution in [-0.4, -0.2) is 35.9 Å². The lowest BCUT2D eigenvalue weighted by atomic mass is 10.2. The molecule has 2 rings (SSSR count). The van der Waals surface area contributed by atoms with Crippen LogP contribution in [0.25, 0.3) is 0 Å². The fraction of sp³-hybridized carbons (Fsp3) is 0.231. The van der Waals surface area contributed by atoms with E-state index in [0.29, 0.717) is 10.3 Å². The fourth-order valence-corrected chi connectivity index (χ4v) is 2.68. The molecule has 5 nitrogen and oxygen atoms in total. The minimum Gasteiger partial charge on any atom is -0.339 e. The molecular weight excluding hydrogens is 378 g/mol. The predicted molar refractivity (Wildman–Crippen MR) is 86.5 cm³/mol. The van der Waals surface area contributed by atoms with Gasteiger partial charge in [0.1, 0.15) is 23.0 Å². The van der Waals surface area contributed by atoms with Gasteiger partial charge in [-0.25, -0.2) is 8.78 Å². The highest BCUT2D eigenvalue weighted by Crippen LogP contribution is 2.19. The molecule has 118 valence electrons. The summed E-state index contributed by atoms with van der Waals surface area (Å²) >= 11 is 4.77. The van der Waals surface area contributed by atoms with Crippen LogP contribution >= 0.6 is 27.7 Å². The molecule has 1 aliphatic rings. The first-order valence-corrected chi connectivity index (χ1v) is 8.23. The van der Waals surface area contributed by atoms with Crippen molar-refractivity contribution in [2.45, 2.75) is 5.50 Å². The normalized spacial score (nSPS) is 17.2. The van der Waals surface area contributed by atoms with Gasteiger partial charge in [0.15, 0.2) is 5.50 Å². The predicted octanol–water partition coefficient (Wildman–Crippen LogP) is 2.43. The number of rotatable bonds is 4. The summed E-state index contributed by atoms with van der Waals surface area (Å²) in [5.74, 6) is -2.19. The molecule has 22 heavy (non-hydrogen) atoms. The zero-order valence-corrected chi connectivity index (χ0v) is 14.1. The summed E-state index contributed by atoms with van der Waals surface area (Å²) < 4.78 is 27.8. The van der Waals surface area contributed by atoms with Gasteiger partial charge in [0.25, 0.3) is 5.91 Å². The van der Waals surface area contributed by atoms with Gasteiger partial charge in [-0.05, 0) is 34.3 Å². The van der Waals surface area contributed by atoms with E-state index in [1.807, 2.05) is 6.26 Å². The van der Waals surface area contributed by atoms with Crippen molar-refractivity contribution in [1.82, 2.24) is 15.8 Å². The third kappa shape index (κ3) is 3.58. The molecule has 1 amide bonds. The zero-order chi connectivity index (χ0) is 16.3. The Balaban J connectivity index is 2.17. The van der Waals surface area contributed by atoms with Crippen molar-refractivity contribution in [3.63, 3.8) is 0 Å². The summed E-state index contributed by atoms with van der Waals surface area (Å²) in [5, 5.41) is 4.40. The molecule has 1 aromatic rings. The molecule has 0 radical (unpaired) electrons. The number of carbonyl (C=O) groups is 1. The van der Waals surface area contributed by atoms with Gasteiger partial charge < -0.3 is 5.32 Å². The molecule has 9 heteroatoms. The van der Waals surface area contributed by atoms with E-state index in [2.05, 4.69) is 31.7 Å². The highest BCUT2D eigenvalue weighted by atomic mass is 79.9. The van der Waals surface area contributed by atoms with E-state index in [4.69, 9.17) is 0 Å². The van der Waals surface area contributed by atoms with Crippen LogP contribution in [0.15, 0.2) is 33.5 Å². The maximum Gasteiger partial charge on any atom is 0.275 e. The Labute approximate surface area is 138 Å². The summed E-state index contributed by atoms with van der Waals surface area (Å²) in [6, 6.07) is 3.26. The number of hydrogen-bond donors (Lipinski definition) is 2. The summed E-state index contributed by atoms with van der Waals surface area (Å²) in [6.07, 6.45) is 3.47. The molecule has 1 unspecified atom stereocenters. The highest BCUT2D eigenvalue weighted by Gasteiger charge is 2.22. The van der Waals surface area contributed by atoms with Crippen molar-refractivity contribution in [2.24, 2.45) is 4.99 Å². The molecule has 1 aliphatic heterocycles. The lowest BCUT2D eigenvalue weighted by molar-refractivity contribution is 0.0846. The van der Waals surface area contributed by atoms with Crippen LogP contribution in [0, 0.1) is 11.6 Å². The van der Waals surface area contributed by atoms with Gasteiger partial charge in [-0.2, -0.15) is 0 Å². The summed E-state index contributed by atoms with van der Waals surface area (Å²) in [4.78, 5) is 16.2. The summed E-state index contributed by atoms with van der Waals surface area (Å²) in [5.41, 5.74) is 1.58. The third-order valence-electron chi connectivity index (χ3n) is 2.83. The second kappa shape index (κ2) is 7.10. The Morgan fingerprint density at radius 2 is 2.09 bits per heavy atom. The topological polar surface area (TPSA) is 56.7 Å². The Kier molecular flexibility index (Phi) is 5.41. The molecular formula is C13H13BrF2N4OS. The second-order valence-electron chi connectivity index (χ2n) is 4.30. The molecule has 1 aromatic carbocycles. The van der Waals surface area contributed by atoms with Crippen molar-refractivity contribution < 1.29 is 13.6 Å². The SMILES string of the molecule is CSC1N=CC(Br)=C(N(C)NC(=O)c2c(F)cccc2F)N1. The molecule has 0 fully saturated rings. The van der Waals surface area contributed by atoms with Gasteiger partial charge in [-0.15, -0.1) is 11.8 Å². The first-order valence-electron chi connectivity index (χ1n) is 6.15. The lowest BCUT2D eigenvalue weighted by Crippen LogP contribution is -2.46. The number of benzene rings is 1. The van der Waals surface area contributed by atoms with Crippen LogP contribution in [0.2, 0.25) is 0 Å². The van der Waals surface area contributed by atoms with Gasteiger partial charge in [0, 0.05) is 13.3 Å². The molecule has 1 atom stereocenters. The number of hydrogen-bond acceptors (Lipinski definition) is 5. The molecule has 1 heterocycles. The van der Waals surface area contributed by atoms with Crippen molar-refractivity contribution in [3.05, 3.63) is 45.7 Å². The van der Waals surface area contributed by atoms with E-state index in [-0.39, 0.29) is 5.50 Å². The summed E-state index contributed by atoms with van der Waals surface area (Å²) in [7, 11) is 1.55. The van der Waals surface area contributed by atoms with Crippen molar-refractivity contribution in [1.29, 1.82) is 0 Å². The van der Waals surface area contributed by atoms with Crippen LogP contribution in [0.5, 0.6) is 0 Å². The van der Waals surface area contributed by atoms with E-state index in [0.717, 1.165) is 12.1 Å². The molecule has 0 aromatic heterocycles. The minimum absolute atomic E-state index is 0.208. The zero-order valence-electron chi connectivity index (χ0n) is 11.7. The Bertz CT molecular complexity index is 633. The van der Waals surface area contributed by atoms with Gasteiger partial charge in [0.05, 0.1) is 4.48 Å². The molecule has 0 bridgehead atoms. The molecule has 0 spiro atoms. The summed E-state index contributed by atoms with van der Waals surface area (Å²) in [6.45, 7) is 0. The van der Waals surface area contributed by atoms with E-state index in [9.17, 15) is 13.6 Å². The van der Waals surface area contributed by atoms with Gasteiger partial charge in [-0.1, -0.05) is 6.07 Å². The largest absolute Gasteiger partial charge is 0.339 e. The molecule has 0 saturated heterocycles. The van der Waals surface area contributed by atoms with Crippen molar-refractivity contribution in [2.75, 3.05) is 13.3 Å². The number of carbonyl (C=O) groups excluding carboxylic acids is 1. The van der Waals surface area contributed by atoms with E-state index in [1.165, 1.54) is 22.8 Å². The van der Waals surface area contributed by atoms with Crippen molar-refractivity contribution in [3.8, 4) is 0 Å². The van der Waals surface area contributed by atoms with Gasteiger partial charge in [0.2, 0.25) is 0 Å². The number of nitrogens with zero attached hydrogens (tertiary/aromatic N) is 2. The van der Waals surface area contributed by atoms with E-state index in [1.54, 1.807) is 13.3 Å². The second-order valence-corrected chi connectivity index (χ2v) is 6.08. The quantitative estimate of drug-likeness (QED) is 0.775. The smallest absolute Gasteiger partial charge is 0.275 e. The van der Waals surface area contributed by atoms with E-state index >= 15 is 0 Å². The number of thioether (sulfide) groups is 1. The molecule has 0 aliphatic carbocycles. The third-order valence-corrected chi connectivity index (χ3v) is 4.09. The number of amides is 1. The van der Waals surface area contributed by atoms with Crippen LogP contribution in [0.4, 0.5) is 8.78 Å². The minimum atomic E-state index is -0.917. The number of halogens is 3. The monoisotopic (exact) mass is 390 g/mol. The van der Waals surface area contributed by atoms with Crippen LogP contribution in [0.1, 0.15) is 10.4 Å². The van der Waals surface area contributed by atoms with Crippen LogP contribution < -0.4 is 10.7 Å². The lowest BCUT2D eigenvalue weighted by Gasteiger charge is -2.29. The maximum absolute atomic E-state index is 13.6. The average Bonchev–Trinajstić information content (AvgIpc) is 2.47. The molecule has 0 saturated carbocycles. The van der Waals surface area contributed by atoms with Gasteiger partial charge >= 0.3 is 0 Å². The Morgan fingerprint density at radius 3 is 2.68 bits per heavy atom. The Hall–Kier alpha value is -1.61. The first-order chi connectivity index (χ1) is 10.4. The van der Waals surface area contributed by atoms with Crippen molar-refractivity contribution >= 4 is 39.8 Å². The molecule has 2 N–H and O–H groups in total. The highest BCUT2D eigenvalue weighted by molar-refractivity contribution is 9.12. The number of allylic oxidation sites excluding steroid dienone is 1.